The van der Waals surface area contributed by atoms with Crippen molar-refractivity contribution in [2.45, 2.75) is 13.3 Å². The van der Waals surface area contributed by atoms with Gasteiger partial charge in [-0.15, -0.1) is 5.10 Å². The fourth-order valence-electron chi connectivity index (χ4n) is 1.38. The second-order valence-electron chi connectivity index (χ2n) is 3.76. The molecule has 0 unspecified atom stereocenters. The molecule has 0 saturated heterocycles. The van der Waals surface area contributed by atoms with Gasteiger partial charge in [0.2, 0.25) is 5.95 Å². The summed E-state index contributed by atoms with van der Waals surface area (Å²) in [5.41, 5.74) is 0.300. The largest absolute Gasteiger partial charge is 0.370 e. The Labute approximate surface area is 110 Å². The van der Waals surface area contributed by atoms with Gasteiger partial charge in [-0.05, 0) is 18.6 Å². The van der Waals surface area contributed by atoms with Crippen LogP contribution in [0.3, 0.4) is 0 Å². The van der Waals surface area contributed by atoms with Crippen molar-refractivity contribution in [1.82, 2.24) is 20.2 Å². The molecule has 0 bridgehead atoms. The summed E-state index contributed by atoms with van der Waals surface area (Å²) in [6, 6.07) is 5.21. The molecule has 0 aromatic carbocycles. The molecule has 0 saturated carbocycles. The van der Waals surface area contributed by atoms with Crippen molar-refractivity contribution in [2.75, 3.05) is 17.2 Å². The molecule has 0 spiro atoms. The summed E-state index contributed by atoms with van der Waals surface area (Å²) < 4.78 is 0. The second kappa shape index (κ2) is 6.39. The van der Waals surface area contributed by atoms with Crippen LogP contribution in [0.25, 0.3) is 0 Å². The van der Waals surface area contributed by atoms with Crippen LogP contribution in [0.5, 0.6) is 0 Å². The third kappa shape index (κ3) is 3.70. The molecule has 0 radical (unpaired) electrons. The molecule has 2 aromatic heterocycles. The molecule has 7 nitrogen and oxygen atoms in total. The Morgan fingerprint density at radius 2 is 2.21 bits per heavy atom. The first-order valence-electron chi connectivity index (χ1n) is 5.95. The summed E-state index contributed by atoms with van der Waals surface area (Å²) in [6.45, 7) is 2.87. The third-order valence-electron chi connectivity index (χ3n) is 2.25. The molecule has 0 aliphatic rings. The average Bonchev–Trinajstić information content (AvgIpc) is 2.46. The molecule has 98 valence electrons. The molecule has 2 rings (SSSR count). The molecule has 19 heavy (non-hydrogen) atoms. The maximum absolute atomic E-state index is 11.9. The van der Waals surface area contributed by atoms with Crippen LogP contribution in [-0.2, 0) is 0 Å². The zero-order valence-corrected chi connectivity index (χ0v) is 10.5. The summed E-state index contributed by atoms with van der Waals surface area (Å²) >= 11 is 0. The Kier molecular flexibility index (Phi) is 4.33. The monoisotopic (exact) mass is 258 g/mol. The van der Waals surface area contributed by atoms with Crippen molar-refractivity contribution < 1.29 is 4.79 Å². The van der Waals surface area contributed by atoms with E-state index in [1.165, 1.54) is 12.4 Å². The van der Waals surface area contributed by atoms with Gasteiger partial charge in [-0.3, -0.25) is 10.1 Å². The molecule has 0 fully saturated rings. The van der Waals surface area contributed by atoms with E-state index >= 15 is 0 Å². The highest BCUT2D eigenvalue weighted by molar-refractivity contribution is 6.01. The molecule has 7 heteroatoms. The SMILES string of the molecule is CCCNc1cccc(C(=O)Nc2nccnn2)n1. The molecule has 2 heterocycles. The molecule has 0 atom stereocenters. The van der Waals surface area contributed by atoms with E-state index in [0.29, 0.717) is 11.5 Å². The van der Waals surface area contributed by atoms with Crippen molar-refractivity contribution in [3.05, 3.63) is 36.3 Å². The van der Waals surface area contributed by atoms with Crippen LogP contribution in [0, 0.1) is 0 Å². The molecular formula is C12H14N6O. The number of amides is 1. The Morgan fingerprint density at radius 3 is 2.95 bits per heavy atom. The number of nitrogens with one attached hydrogen (secondary N) is 2. The van der Waals surface area contributed by atoms with Gasteiger partial charge in [0.15, 0.2) is 0 Å². The maximum Gasteiger partial charge on any atom is 0.276 e. The fraction of sp³-hybridized carbons (Fsp3) is 0.250. The molecule has 1 amide bonds. The Hall–Kier alpha value is -2.57. The minimum atomic E-state index is -0.367. The third-order valence-corrected chi connectivity index (χ3v) is 2.25. The summed E-state index contributed by atoms with van der Waals surface area (Å²) in [4.78, 5) is 20.0. The van der Waals surface area contributed by atoms with Gasteiger partial charge in [-0.1, -0.05) is 13.0 Å². The number of aromatic nitrogens is 4. The van der Waals surface area contributed by atoms with E-state index in [1.54, 1.807) is 12.1 Å². The predicted molar refractivity (Wildman–Crippen MR) is 70.8 cm³/mol. The molecule has 0 aliphatic heterocycles. The van der Waals surface area contributed by atoms with Gasteiger partial charge in [-0.2, -0.15) is 5.10 Å². The number of nitrogens with zero attached hydrogens (tertiary/aromatic N) is 4. The topological polar surface area (TPSA) is 92.7 Å². The quantitative estimate of drug-likeness (QED) is 0.840. The van der Waals surface area contributed by atoms with Gasteiger partial charge in [-0.25, -0.2) is 9.97 Å². The smallest absolute Gasteiger partial charge is 0.276 e. The minimum Gasteiger partial charge on any atom is -0.370 e. The number of anilines is 2. The van der Waals surface area contributed by atoms with Crippen LogP contribution in [-0.4, -0.2) is 32.6 Å². The zero-order valence-electron chi connectivity index (χ0n) is 10.5. The lowest BCUT2D eigenvalue weighted by molar-refractivity contribution is 0.102. The first kappa shape index (κ1) is 12.9. The van der Waals surface area contributed by atoms with E-state index in [-0.39, 0.29) is 11.9 Å². The summed E-state index contributed by atoms with van der Waals surface area (Å²) in [5, 5.41) is 13.0. The van der Waals surface area contributed by atoms with E-state index in [2.05, 4.69) is 37.7 Å². The van der Waals surface area contributed by atoms with Crippen molar-refractivity contribution in [3.8, 4) is 0 Å². The highest BCUT2D eigenvalue weighted by atomic mass is 16.2. The normalized spacial score (nSPS) is 9.95. The van der Waals surface area contributed by atoms with Crippen molar-refractivity contribution in [3.63, 3.8) is 0 Å². The Balaban J connectivity index is 2.06. The first-order valence-corrected chi connectivity index (χ1v) is 5.95. The van der Waals surface area contributed by atoms with Gasteiger partial charge in [0, 0.05) is 6.54 Å². The van der Waals surface area contributed by atoms with Crippen LogP contribution >= 0.6 is 0 Å². The standard InChI is InChI=1S/C12H14N6O/c1-2-6-13-10-5-3-4-9(16-10)11(19)17-12-14-7-8-15-18-12/h3-5,7-8H,2,6H2,1H3,(H,13,16)(H,14,17,18,19). The lowest BCUT2D eigenvalue weighted by atomic mass is 10.3. The van der Waals surface area contributed by atoms with E-state index in [9.17, 15) is 4.79 Å². The number of pyridine rings is 1. The highest BCUT2D eigenvalue weighted by Gasteiger charge is 2.09. The number of hydrogen-bond donors (Lipinski definition) is 2. The van der Waals surface area contributed by atoms with E-state index in [0.717, 1.165) is 13.0 Å². The highest BCUT2D eigenvalue weighted by Crippen LogP contribution is 2.06. The molecule has 0 aliphatic carbocycles. The van der Waals surface area contributed by atoms with Gasteiger partial charge in [0.1, 0.15) is 11.5 Å². The summed E-state index contributed by atoms with van der Waals surface area (Å²) in [5.74, 6) is 0.455. The lowest BCUT2D eigenvalue weighted by Crippen LogP contribution is -2.16. The van der Waals surface area contributed by atoms with E-state index in [1.807, 2.05) is 6.07 Å². The van der Waals surface area contributed by atoms with Crippen LogP contribution in [0.2, 0.25) is 0 Å². The number of carbonyl (C=O) groups excluding carboxylic acids is 1. The van der Waals surface area contributed by atoms with Crippen LogP contribution in [0.4, 0.5) is 11.8 Å². The van der Waals surface area contributed by atoms with Crippen LogP contribution in [0.1, 0.15) is 23.8 Å². The van der Waals surface area contributed by atoms with Crippen LogP contribution < -0.4 is 10.6 Å². The predicted octanol–water partition coefficient (Wildman–Crippen LogP) is 1.34. The van der Waals surface area contributed by atoms with Gasteiger partial charge >= 0.3 is 0 Å². The van der Waals surface area contributed by atoms with Crippen LogP contribution in [0.15, 0.2) is 30.6 Å². The van der Waals surface area contributed by atoms with E-state index in [4.69, 9.17) is 0 Å². The Bertz CT molecular complexity index is 545. The van der Waals surface area contributed by atoms with E-state index < -0.39 is 0 Å². The van der Waals surface area contributed by atoms with Gasteiger partial charge in [0.25, 0.3) is 5.91 Å². The molecular weight excluding hydrogens is 244 g/mol. The lowest BCUT2D eigenvalue weighted by Gasteiger charge is -2.06. The van der Waals surface area contributed by atoms with Gasteiger partial charge < -0.3 is 5.32 Å². The fourth-order valence-corrected chi connectivity index (χ4v) is 1.38. The van der Waals surface area contributed by atoms with Crippen molar-refractivity contribution in [1.29, 1.82) is 0 Å². The number of rotatable bonds is 5. The summed E-state index contributed by atoms with van der Waals surface area (Å²) in [7, 11) is 0. The van der Waals surface area contributed by atoms with Gasteiger partial charge in [0.05, 0.1) is 12.4 Å². The minimum absolute atomic E-state index is 0.154. The average molecular weight is 258 g/mol. The second-order valence-corrected chi connectivity index (χ2v) is 3.76. The first-order chi connectivity index (χ1) is 9.29. The number of hydrogen-bond acceptors (Lipinski definition) is 6. The van der Waals surface area contributed by atoms with Crippen molar-refractivity contribution >= 4 is 17.7 Å². The number of carbonyl (C=O) groups is 1. The summed E-state index contributed by atoms with van der Waals surface area (Å²) in [6.07, 6.45) is 3.88. The maximum atomic E-state index is 11.9. The Morgan fingerprint density at radius 1 is 1.32 bits per heavy atom. The molecule has 2 N–H and O–H groups in total. The zero-order chi connectivity index (χ0) is 13.5. The molecule has 2 aromatic rings. The van der Waals surface area contributed by atoms with Crippen molar-refractivity contribution in [2.24, 2.45) is 0 Å².